The summed E-state index contributed by atoms with van der Waals surface area (Å²) < 4.78 is 31.8. The molecule has 0 fully saturated rings. The molecule has 186 valence electrons. The molecular weight excluding hydrogens is 454 g/mol. The van der Waals surface area contributed by atoms with Gasteiger partial charge in [0.15, 0.2) is 0 Å². The number of hydrogen-bond acceptors (Lipinski definition) is 5. The van der Waals surface area contributed by atoms with E-state index in [2.05, 4.69) is 5.32 Å². The first kappa shape index (κ1) is 27.2. The molecule has 0 saturated heterocycles. The zero-order chi connectivity index (χ0) is 25.5. The third-order valence-electron chi connectivity index (χ3n) is 5.77. The second kappa shape index (κ2) is 11.9. The maximum atomic E-state index is 13.6. The average Bonchev–Trinajstić information content (AvgIpc) is 2.79. The molecule has 0 unspecified atom stereocenters. The molecule has 2 aromatic carbocycles. The van der Waals surface area contributed by atoms with E-state index in [9.17, 15) is 18.0 Å². The Balaban J connectivity index is 2.46. The van der Waals surface area contributed by atoms with Crippen LogP contribution in [-0.4, -0.2) is 57.6 Å². The number of hydrogen-bond donors (Lipinski definition) is 1. The molecule has 0 heterocycles. The Morgan fingerprint density at radius 1 is 1.06 bits per heavy atom. The summed E-state index contributed by atoms with van der Waals surface area (Å²) in [5, 5.41) is 2.78. The van der Waals surface area contributed by atoms with Crippen LogP contribution in [0, 0.1) is 13.8 Å². The highest BCUT2D eigenvalue weighted by atomic mass is 32.2. The second-order valence-corrected chi connectivity index (χ2v) is 10.1. The van der Waals surface area contributed by atoms with Gasteiger partial charge in [-0.1, -0.05) is 31.2 Å². The van der Waals surface area contributed by atoms with E-state index in [0.29, 0.717) is 24.4 Å². The lowest BCUT2D eigenvalue weighted by Crippen LogP contribution is -2.52. The van der Waals surface area contributed by atoms with Crippen LogP contribution in [0.2, 0.25) is 0 Å². The summed E-state index contributed by atoms with van der Waals surface area (Å²) in [6.07, 6.45) is 1.47. The Hall–Kier alpha value is -3.07. The number of aryl methyl sites for hydroxylation is 1. The third kappa shape index (κ3) is 6.72. The predicted octanol–water partition coefficient (Wildman–Crippen LogP) is 3.02. The summed E-state index contributed by atoms with van der Waals surface area (Å²) in [5.74, 6) is -0.0553. The first-order valence-corrected chi connectivity index (χ1v) is 13.1. The number of nitrogens with zero attached hydrogens (tertiary/aromatic N) is 2. The Morgan fingerprint density at radius 3 is 2.24 bits per heavy atom. The minimum atomic E-state index is -3.76. The summed E-state index contributed by atoms with van der Waals surface area (Å²) >= 11 is 0. The number of rotatable bonds is 11. The molecule has 0 radical (unpaired) electrons. The summed E-state index contributed by atoms with van der Waals surface area (Å²) in [4.78, 5) is 27.9. The highest BCUT2D eigenvalue weighted by Gasteiger charge is 2.32. The average molecular weight is 490 g/mol. The van der Waals surface area contributed by atoms with Crippen LogP contribution in [0.25, 0.3) is 0 Å². The van der Waals surface area contributed by atoms with E-state index in [4.69, 9.17) is 4.74 Å². The maximum Gasteiger partial charge on any atom is 0.244 e. The lowest BCUT2D eigenvalue weighted by molar-refractivity contribution is -0.140. The largest absolute Gasteiger partial charge is 0.497 e. The fourth-order valence-electron chi connectivity index (χ4n) is 3.74. The molecule has 0 aromatic heterocycles. The van der Waals surface area contributed by atoms with Gasteiger partial charge in [-0.05, 0) is 62.1 Å². The van der Waals surface area contributed by atoms with Crippen molar-refractivity contribution in [1.29, 1.82) is 0 Å². The highest BCUT2D eigenvalue weighted by Crippen LogP contribution is 2.26. The fraction of sp³-hybridized carbons (Fsp3) is 0.440. The topological polar surface area (TPSA) is 96.0 Å². The lowest BCUT2D eigenvalue weighted by Gasteiger charge is -2.33. The molecular formula is C25H35N3O5S. The quantitative estimate of drug-likeness (QED) is 0.523. The van der Waals surface area contributed by atoms with Crippen molar-refractivity contribution in [2.75, 3.05) is 30.8 Å². The van der Waals surface area contributed by atoms with Crippen molar-refractivity contribution in [2.24, 2.45) is 0 Å². The molecule has 2 aromatic rings. The summed E-state index contributed by atoms with van der Waals surface area (Å²) in [5.41, 5.74) is 2.95. The standard InChI is InChI=1S/C25H35N3O5S/c1-7-22(25(30)26-8-2)27(16-20-12-14-21(33-5)15-13-20)24(29)17-28(34(6,31)32)23-11-9-10-18(3)19(23)4/h9-15,22H,7-8,16-17H2,1-6H3,(H,26,30)/t22-/m1/s1. The van der Waals surface area contributed by atoms with E-state index in [1.54, 1.807) is 31.4 Å². The minimum Gasteiger partial charge on any atom is -0.497 e. The van der Waals surface area contributed by atoms with Gasteiger partial charge in [-0.15, -0.1) is 0 Å². The van der Waals surface area contributed by atoms with Crippen molar-refractivity contribution in [3.63, 3.8) is 0 Å². The summed E-state index contributed by atoms with van der Waals surface area (Å²) in [6, 6.07) is 11.8. The number of sulfonamides is 1. The number of nitrogens with one attached hydrogen (secondary N) is 1. The van der Waals surface area contributed by atoms with Gasteiger partial charge in [-0.3, -0.25) is 13.9 Å². The number of carbonyl (C=O) groups is 2. The van der Waals surface area contributed by atoms with Gasteiger partial charge in [-0.2, -0.15) is 0 Å². The Kier molecular flexibility index (Phi) is 9.49. The highest BCUT2D eigenvalue weighted by molar-refractivity contribution is 7.92. The zero-order valence-electron chi connectivity index (χ0n) is 20.8. The van der Waals surface area contributed by atoms with Crippen molar-refractivity contribution in [2.45, 2.75) is 46.7 Å². The summed E-state index contributed by atoms with van der Waals surface area (Å²) in [6.45, 7) is 7.53. The van der Waals surface area contributed by atoms with Crippen molar-refractivity contribution in [1.82, 2.24) is 10.2 Å². The van der Waals surface area contributed by atoms with E-state index in [-0.39, 0.29) is 12.5 Å². The van der Waals surface area contributed by atoms with Gasteiger partial charge in [0.05, 0.1) is 19.1 Å². The minimum absolute atomic E-state index is 0.156. The Bertz CT molecular complexity index is 1100. The number of benzene rings is 2. The van der Waals surface area contributed by atoms with E-state index >= 15 is 0 Å². The number of ether oxygens (including phenoxy) is 1. The van der Waals surface area contributed by atoms with Crippen LogP contribution < -0.4 is 14.4 Å². The maximum absolute atomic E-state index is 13.6. The number of anilines is 1. The van der Waals surface area contributed by atoms with Crippen LogP contribution >= 0.6 is 0 Å². The second-order valence-electron chi connectivity index (χ2n) is 8.18. The SMILES string of the molecule is CCNC(=O)[C@@H](CC)N(Cc1ccc(OC)cc1)C(=O)CN(c1cccc(C)c1C)S(C)(=O)=O. The Labute approximate surface area is 202 Å². The molecule has 0 aliphatic carbocycles. The molecule has 0 bridgehead atoms. The molecule has 2 rings (SSSR count). The monoisotopic (exact) mass is 489 g/mol. The molecule has 9 heteroatoms. The smallest absolute Gasteiger partial charge is 0.244 e. The van der Waals surface area contributed by atoms with Gasteiger partial charge >= 0.3 is 0 Å². The number of carbonyl (C=O) groups excluding carboxylic acids is 2. The van der Waals surface area contributed by atoms with E-state index in [1.807, 2.05) is 45.9 Å². The molecule has 34 heavy (non-hydrogen) atoms. The fourth-order valence-corrected chi connectivity index (χ4v) is 4.64. The van der Waals surface area contributed by atoms with Crippen LogP contribution in [0.15, 0.2) is 42.5 Å². The van der Waals surface area contributed by atoms with Crippen LogP contribution in [0.5, 0.6) is 5.75 Å². The molecule has 0 aliphatic rings. The summed E-state index contributed by atoms with van der Waals surface area (Å²) in [7, 11) is -2.19. The van der Waals surface area contributed by atoms with Crippen molar-refractivity contribution in [3.8, 4) is 5.75 Å². The first-order valence-electron chi connectivity index (χ1n) is 11.3. The van der Waals surface area contributed by atoms with Gasteiger partial charge in [0, 0.05) is 13.1 Å². The molecule has 0 aliphatic heterocycles. The predicted molar refractivity (Wildman–Crippen MR) is 134 cm³/mol. The number of amides is 2. The van der Waals surface area contributed by atoms with Crippen molar-refractivity contribution < 1.29 is 22.7 Å². The lowest BCUT2D eigenvalue weighted by atomic mass is 10.1. The molecule has 2 amide bonds. The van der Waals surface area contributed by atoms with E-state index in [1.165, 1.54) is 4.90 Å². The van der Waals surface area contributed by atoms with Crippen LogP contribution in [-0.2, 0) is 26.2 Å². The van der Waals surface area contributed by atoms with Crippen LogP contribution in [0.3, 0.4) is 0 Å². The number of likely N-dealkylation sites (N-methyl/N-ethyl adjacent to an activating group) is 1. The third-order valence-corrected chi connectivity index (χ3v) is 6.90. The van der Waals surface area contributed by atoms with Crippen molar-refractivity contribution in [3.05, 3.63) is 59.2 Å². The van der Waals surface area contributed by atoms with Gasteiger partial charge in [-0.25, -0.2) is 8.42 Å². The molecule has 1 atom stereocenters. The van der Waals surface area contributed by atoms with Gasteiger partial charge < -0.3 is 15.0 Å². The molecule has 1 N–H and O–H groups in total. The van der Waals surface area contributed by atoms with E-state index in [0.717, 1.165) is 27.3 Å². The van der Waals surface area contributed by atoms with Gasteiger partial charge in [0.2, 0.25) is 21.8 Å². The first-order chi connectivity index (χ1) is 16.0. The van der Waals surface area contributed by atoms with Gasteiger partial charge in [0.1, 0.15) is 18.3 Å². The van der Waals surface area contributed by atoms with Crippen LogP contribution in [0.4, 0.5) is 5.69 Å². The van der Waals surface area contributed by atoms with Crippen molar-refractivity contribution >= 4 is 27.5 Å². The molecule has 0 saturated carbocycles. The molecule has 0 spiro atoms. The number of methoxy groups -OCH3 is 1. The zero-order valence-corrected chi connectivity index (χ0v) is 21.6. The van der Waals surface area contributed by atoms with Crippen LogP contribution in [0.1, 0.15) is 37.0 Å². The Morgan fingerprint density at radius 2 is 1.71 bits per heavy atom. The molecule has 8 nitrogen and oxygen atoms in total. The normalized spacial score (nSPS) is 12.1. The van der Waals surface area contributed by atoms with Gasteiger partial charge in [0.25, 0.3) is 0 Å². The van der Waals surface area contributed by atoms with E-state index < -0.39 is 28.5 Å².